The van der Waals surface area contributed by atoms with E-state index in [0.717, 1.165) is 16.7 Å². The van der Waals surface area contributed by atoms with Crippen LogP contribution in [-0.4, -0.2) is 4.92 Å². The standard InChI is InChI=1S/C16H18N2O3/c1-11-4-3-5-12(2)14(11)10-21-16-7-6-13(9-17)8-15(16)18(19)20/h3-8H,9-10,17H2,1-2H3. The van der Waals surface area contributed by atoms with Crippen LogP contribution in [-0.2, 0) is 13.2 Å². The van der Waals surface area contributed by atoms with E-state index in [9.17, 15) is 10.1 Å². The summed E-state index contributed by atoms with van der Waals surface area (Å²) >= 11 is 0. The monoisotopic (exact) mass is 286 g/mol. The van der Waals surface area contributed by atoms with Gasteiger partial charge in [-0.15, -0.1) is 0 Å². The highest BCUT2D eigenvalue weighted by molar-refractivity contribution is 5.49. The third-order valence-electron chi connectivity index (χ3n) is 3.47. The van der Waals surface area contributed by atoms with Crippen molar-refractivity contribution in [2.45, 2.75) is 27.0 Å². The van der Waals surface area contributed by atoms with Gasteiger partial charge in [-0.05, 0) is 42.2 Å². The van der Waals surface area contributed by atoms with Crippen molar-refractivity contribution in [2.24, 2.45) is 5.73 Å². The Morgan fingerprint density at radius 3 is 2.43 bits per heavy atom. The zero-order chi connectivity index (χ0) is 15.4. The maximum absolute atomic E-state index is 11.1. The van der Waals surface area contributed by atoms with Gasteiger partial charge in [0.15, 0.2) is 5.75 Å². The molecule has 0 radical (unpaired) electrons. The molecule has 5 nitrogen and oxygen atoms in total. The lowest BCUT2D eigenvalue weighted by Gasteiger charge is -2.12. The molecule has 0 unspecified atom stereocenters. The summed E-state index contributed by atoms with van der Waals surface area (Å²) in [5.74, 6) is 0.264. The van der Waals surface area contributed by atoms with Gasteiger partial charge in [-0.25, -0.2) is 0 Å². The third-order valence-corrected chi connectivity index (χ3v) is 3.47. The number of hydrogen-bond acceptors (Lipinski definition) is 4. The van der Waals surface area contributed by atoms with E-state index >= 15 is 0 Å². The van der Waals surface area contributed by atoms with Gasteiger partial charge in [0.25, 0.3) is 0 Å². The first-order valence-electron chi connectivity index (χ1n) is 6.68. The predicted octanol–water partition coefficient (Wildman–Crippen LogP) is 3.25. The number of nitro benzene ring substituents is 1. The highest BCUT2D eigenvalue weighted by atomic mass is 16.6. The average Bonchev–Trinajstić information content (AvgIpc) is 2.46. The quantitative estimate of drug-likeness (QED) is 0.676. The minimum absolute atomic E-state index is 0.0517. The molecule has 0 aliphatic rings. The Bertz CT molecular complexity index is 648. The van der Waals surface area contributed by atoms with Gasteiger partial charge in [-0.1, -0.05) is 24.3 Å². The smallest absolute Gasteiger partial charge is 0.311 e. The second-order valence-corrected chi connectivity index (χ2v) is 4.92. The molecule has 2 aromatic carbocycles. The molecule has 2 aromatic rings. The topological polar surface area (TPSA) is 78.4 Å². The van der Waals surface area contributed by atoms with Gasteiger partial charge >= 0.3 is 5.69 Å². The largest absolute Gasteiger partial charge is 0.482 e. The number of nitro groups is 1. The predicted molar refractivity (Wildman–Crippen MR) is 81.2 cm³/mol. The number of rotatable bonds is 5. The summed E-state index contributed by atoms with van der Waals surface area (Å²) in [6.45, 7) is 4.56. The Balaban J connectivity index is 2.26. The van der Waals surface area contributed by atoms with Gasteiger partial charge < -0.3 is 10.5 Å². The summed E-state index contributed by atoms with van der Waals surface area (Å²) in [4.78, 5) is 10.7. The molecule has 0 saturated carbocycles. The SMILES string of the molecule is Cc1cccc(C)c1COc1ccc(CN)cc1[N+](=O)[O-]. The zero-order valence-electron chi connectivity index (χ0n) is 12.1. The van der Waals surface area contributed by atoms with Crippen LogP contribution in [0.4, 0.5) is 5.69 Å². The highest BCUT2D eigenvalue weighted by Crippen LogP contribution is 2.29. The van der Waals surface area contributed by atoms with Gasteiger partial charge in [-0.3, -0.25) is 10.1 Å². The minimum Gasteiger partial charge on any atom is -0.482 e. The van der Waals surface area contributed by atoms with Crippen LogP contribution in [0, 0.1) is 24.0 Å². The van der Waals surface area contributed by atoms with E-state index in [0.29, 0.717) is 12.2 Å². The van der Waals surface area contributed by atoms with Crippen LogP contribution < -0.4 is 10.5 Å². The number of nitrogens with two attached hydrogens (primary N) is 1. The maximum atomic E-state index is 11.1. The minimum atomic E-state index is -0.445. The normalized spacial score (nSPS) is 10.4. The first kappa shape index (κ1) is 15.0. The van der Waals surface area contributed by atoms with Crippen LogP contribution in [0.3, 0.4) is 0 Å². The molecule has 0 heterocycles. The van der Waals surface area contributed by atoms with Crippen molar-refractivity contribution in [3.05, 3.63) is 68.8 Å². The summed E-state index contributed by atoms with van der Waals surface area (Å²) in [5, 5.41) is 11.1. The van der Waals surface area contributed by atoms with Crippen molar-refractivity contribution in [3.8, 4) is 5.75 Å². The lowest BCUT2D eigenvalue weighted by molar-refractivity contribution is -0.386. The Kier molecular flexibility index (Phi) is 4.55. The van der Waals surface area contributed by atoms with E-state index < -0.39 is 4.92 Å². The van der Waals surface area contributed by atoms with Crippen molar-refractivity contribution in [1.82, 2.24) is 0 Å². The van der Waals surface area contributed by atoms with Gasteiger partial charge in [0.05, 0.1) is 4.92 Å². The van der Waals surface area contributed by atoms with Crippen LogP contribution in [0.5, 0.6) is 5.75 Å². The molecule has 2 rings (SSSR count). The Morgan fingerprint density at radius 1 is 1.19 bits per heavy atom. The maximum Gasteiger partial charge on any atom is 0.311 e. The lowest BCUT2D eigenvalue weighted by Crippen LogP contribution is -2.04. The summed E-state index contributed by atoms with van der Waals surface area (Å²) in [6.07, 6.45) is 0. The Morgan fingerprint density at radius 2 is 1.86 bits per heavy atom. The zero-order valence-corrected chi connectivity index (χ0v) is 12.1. The van der Waals surface area contributed by atoms with Crippen molar-refractivity contribution in [2.75, 3.05) is 0 Å². The fourth-order valence-corrected chi connectivity index (χ4v) is 2.18. The molecule has 0 aromatic heterocycles. The molecular weight excluding hydrogens is 268 g/mol. The van der Waals surface area contributed by atoms with E-state index in [2.05, 4.69) is 0 Å². The first-order chi connectivity index (χ1) is 10.0. The van der Waals surface area contributed by atoms with Crippen LogP contribution in [0.25, 0.3) is 0 Å². The van der Waals surface area contributed by atoms with Crippen LogP contribution in [0.1, 0.15) is 22.3 Å². The average molecular weight is 286 g/mol. The summed E-state index contributed by atoms with van der Waals surface area (Å²) in [7, 11) is 0. The van der Waals surface area contributed by atoms with Crippen molar-refractivity contribution in [3.63, 3.8) is 0 Å². The number of nitrogens with zero attached hydrogens (tertiary/aromatic N) is 1. The molecular formula is C16H18N2O3. The number of ether oxygens (including phenoxy) is 1. The Hall–Kier alpha value is -2.40. The van der Waals surface area contributed by atoms with E-state index in [4.69, 9.17) is 10.5 Å². The number of benzene rings is 2. The summed E-state index contributed by atoms with van der Waals surface area (Å²) in [6, 6.07) is 10.8. The molecule has 0 saturated heterocycles. The molecule has 0 spiro atoms. The van der Waals surface area contributed by atoms with Crippen LogP contribution in [0.2, 0.25) is 0 Å². The van der Waals surface area contributed by atoms with E-state index in [1.807, 2.05) is 32.0 Å². The van der Waals surface area contributed by atoms with Gasteiger partial charge in [0.1, 0.15) is 6.61 Å². The number of aryl methyl sites for hydroxylation is 2. The molecule has 0 aliphatic carbocycles. The van der Waals surface area contributed by atoms with E-state index in [-0.39, 0.29) is 18.0 Å². The molecule has 110 valence electrons. The summed E-state index contributed by atoms with van der Waals surface area (Å²) < 4.78 is 5.66. The van der Waals surface area contributed by atoms with E-state index in [1.165, 1.54) is 6.07 Å². The van der Waals surface area contributed by atoms with Crippen molar-refractivity contribution < 1.29 is 9.66 Å². The first-order valence-corrected chi connectivity index (χ1v) is 6.68. The third kappa shape index (κ3) is 3.38. The summed E-state index contributed by atoms with van der Waals surface area (Å²) in [5.41, 5.74) is 9.43. The van der Waals surface area contributed by atoms with Crippen LogP contribution in [0.15, 0.2) is 36.4 Å². The fourth-order valence-electron chi connectivity index (χ4n) is 2.18. The second-order valence-electron chi connectivity index (χ2n) is 4.92. The highest BCUT2D eigenvalue weighted by Gasteiger charge is 2.16. The molecule has 21 heavy (non-hydrogen) atoms. The molecule has 0 atom stereocenters. The molecule has 0 aliphatic heterocycles. The Labute approximate surface area is 123 Å². The molecule has 5 heteroatoms. The molecule has 0 amide bonds. The fraction of sp³-hybridized carbons (Fsp3) is 0.250. The van der Waals surface area contributed by atoms with Crippen molar-refractivity contribution >= 4 is 5.69 Å². The number of hydrogen-bond donors (Lipinski definition) is 1. The van der Waals surface area contributed by atoms with Crippen LogP contribution >= 0.6 is 0 Å². The molecule has 0 fully saturated rings. The van der Waals surface area contributed by atoms with Gasteiger partial charge in [0.2, 0.25) is 0 Å². The van der Waals surface area contributed by atoms with Gasteiger partial charge in [0, 0.05) is 12.6 Å². The van der Waals surface area contributed by atoms with E-state index in [1.54, 1.807) is 12.1 Å². The molecule has 2 N–H and O–H groups in total. The van der Waals surface area contributed by atoms with Gasteiger partial charge in [-0.2, -0.15) is 0 Å². The molecule has 0 bridgehead atoms. The van der Waals surface area contributed by atoms with Crippen molar-refractivity contribution in [1.29, 1.82) is 0 Å². The lowest BCUT2D eigenvalue weighted by atomic mass is 10.0. The second kappa shape index (κ2) is 6.37.